The van der Waals surface area contributed by atoms with Crippen LogP contribution in [0, 0.1) is 0 Å². The van der Waals surface area contributed by atoms with Gasteiger partial charge >= 0.3 is 0 Å². The van der Waals surface area contributed by atoms with Gasteiger partial charge in [0.15, 0.2) is 6.29 Å². The number of carbonyl (C=O) groups excluding carboxylic acids is 1. The standard InChI is InChI=1S/C11H19NO8S/c13-7(12-21(18,19)5-1-2-5)4-3-6-8(14)9(15)10(16)11(17)20-6/h5-6,8-11,14-17H,1-4H2,(H,12,13)/t6-,8-,9+,10+,11+/m1/s1. The molecule has 2 fully saturated rings. The number of amides is 1. The van der Waals surface area contributed by atoms with Crippen molar-refractivity contribution in [1.29, 1.82) is 0 Å². The molecule has 1 aliphatic carbocycles. The largest absolute Gasteiger partial charge is 0.388 e. The molecule has 1 saturated heterocycles. The van der Waals surface area contributed by atoms with E-state index in [1.54, 1.807) is 0 Å². The minimum absolute atomic E-state index is 0.103. The third-order valence-corrected chi connectivity index (χ3v) is 5.42. The summed E-state index contributed by atoms with van der Waals surface area (Å²) in [5, 5.41) is 37.3. The number of carbonyl (C=O) groups is 1. The molecule has 1 amide bonds. The number of nitrogens with one attached hydrogen (secondary N) is 1. The molecule has 0 bridgehead atoms. The lowest BCUT2D eigenvalue weighted by atomic mass is 9.96. The summed E-state index contributed by atoms with van der Waals surface area (Å²) in [5.41, 5.74) is 0. The fourth-order valence-electron chi connectivity index (χ4n) is 2.11. The van der Waals surface area contributed by atoms with Gasteiger partial charge in [0.05, 0.1) is 11.4 Å². The summed E-state index contributed by atoms with van der Waals surface area (Å²) in [6.07, 6.45) is -6.77. The fourth-order valence-corrected chi connectivity index (χ4v) is 3.46. The summed E-state index contributed by atoms with van der Waals surface area (Å²) in [5.74, 6) is -0.743. The van der Waals surface area contributed by atoms with Gasteiger partial charge in [0, 0.05) is 6.42 Å². The Morgan fingerprint density at radius 1 is 1.10 bits per heavy atom. The number of ether oxygens (including phenoxy) is 1. The van der Waals surface area contributed by atoms with Gasteiger partial charge in [0.25, 0.3) is 0 Å². The Kier molecular flexibility index (Phi) is 4.85. The molecule has 0 spiro atoms. The minimum Gasteiger partial charge on any atom is -0.388 e. The second-order valence-corrected chi connectivity index (χ2v) is 7.31. The van der Waals surface area contributed by atoms with Crippen LogP contribution in [0.25, 0.3) is 0 Å². The van der Waals surface area contributed by atoms with Crippen molar-refractivity contribution in [1.82, 2.24) is 4.72 Å². The van der Waals surface area contributed by atoms with Gasteiger partial charge in [0.1, 0.15) is 18.3 Å². The molecule has 2 aliphatic rings. The van der Waals surface area contributed by atoms with Gasteiger partial charge in [-0.05, 0) is 19.3 Å². The van der Waals surface area contributed by atoms with E-state index in [0.29, 0.717) is 12.8 Å². The van der Waals surface area contributed by atoms with E-state index in [2.05, 4.69) is 0 Å². The first-order chi connectivity index (χ1) is 9.72. The smallest absolute Gasteiger partial charge is 0.237 e. The van der Waals surface area contributed by atoms with Gasteiger partial charge in [-0.3, -0.25) is 9.52 Å². The third-order valence-electron chi connectivity index (χ3n) is 3.56. The average molecular weight is 325 g/mol. The first kappa shape index (κ1) is 16.6. The molecular formula is C11H19NO8S. The molecular weight excluding hydrogens is 306 g/mol. The zero-order valence-corrected chi connectivity index (χ0v) is 11.9. The number of hydrogen-bond donors (Lipinski definition) is 5. The molecule has 2 rings (SSSR count). The molecule has 5 N–H and O–H groups in total. The number of rotatable bonds is 5. The highest BCUT2D eigenvalue weighted by Crippen LogP contribution is 2.27. The lowest BCUT2D eigenvalue weighted by molar-refractivity contribution is -0.282. The Morgan fingerprint density at radius 2 is 1.71 bits per heavy atom. The second-order valence-electron chi connectivity index (χ2n) is 5.35. The van der Waals surface area contributed by atoms with Crippen LogP contribution in [0.5, 0.6) is 0 Å². The molecule has 0 radical (unpaired) electrons. The molecule has 0 aromatic heterocycles. The molecule has 1 heterocycles. The normalized spacial score (nSPS) is 37.2. The Labute approximate surface area is 121 Å². The zero-order chi connectivity index (χ0) is 15.8. The maximum atomic E-state index is 11.6. The minimum atomic E-state index is -3.62. The van der Waals surface area contributed by atoms with E-state index in [1.165, 1.54) is 0 Å². The number of aliphatic hydroxyl groups is 4. The van der Waals surface area contributed by atoms with E-state index in [0.717, 1.165) is 0 Å². The molecule has 21 heavy (non-hydrogen) atoms. The van der Waals surface area contributed by atoms with Crippen LogP contribution < -0.4 is 4.72 Å². The van der Waals surface area contributed by atoms with Crippen LogP contribution in [-0.4, -0.2) is 70.7 Å². The lowest BCUT2D eigenvalue weighted by Crippen LogP contribution is -2.57. The highest BCUT2D eigenvalue weighted by molar-refractivity contribution is 7.90. The predicted molar refractivity (Wildman–Crippen MR) is 68.2 cm³/mol. The van der Waals surface area contributed by atoms with E-state index in [9.17, 15) is 33.6 Å². The molecule has 1 saturated carbocycles. The third kappa shape index (κ3) is 3.90. The van der Waals surface area contributed by atoms with Crippen molar-refractivity contribution < 1.29 is 38.4 Å². The Balaban J connectivity index is 1.83. The summed E-state index contributed by atoms with van der Waals surface area (Å²) >= 11 is 0. The van der Waals surface area contributed by atoms with Gasteiger partial charge in [-0.1, -0.05) is 0 Å². The molecule has 0 aromatic rings. The summed E-state index contributed by atoms with van der Waals surface area (Å²) in [4.78, 5) is 11.6. The van der Waals surface area contributed by atoms with Crippen molar-refractivity contribution in [3.05, 3.63) is 0 Å². The summed E-state index contributed by atoms with van der Waals surface area (Å²) in [6, 6.07) is 0. The van der Waals surface area contributed by atoms with E-state index in [4.69, 9.17) is 4.74 Å². The SMILES string of the molecule is O=C(CC[C@H]1O[C@H](O)[C@@H](O)[C@@H](O)[C@@H]1O)NS(=O)(=O)C1CC1. The van der Waals surface area contributed by atoms with Crippen molar-refractivity contribution in [2.24, 2.45) is 0 Å². The highest BCUT2D eigenvalue weighted by Gasteiger charge is 2.43. The summed E-state index contributed by atoms with van der Waals surface area (Å²) < 4.78 is 29.9. The first-order valence-corrected chi connectivity index (χ1v) is 8.19. The van der Waals surface area contributed by atoms with Gasteiger partial charge in [-0.2, -0.15) is 0 Å². The van der Waals surface area contributed by atoms with E-state index >= 15 is 0 Å². The molecule has 10 heteroatoms. The monoisotopic (exact) mass is 325 g/mol. The van der Waals surface area contributed by atoms with E-state index in [1.807, 2.05) is 4.72 Å². The topological polar surface area (TPSA) is 153 Å². The van der Waals surface area contributed by atoms with Crippen LogP contribution in [0.3, 0.4) is 0 Å². The molecule has 5 atom stereocenters. The van der Waals surface area contributed by atoms with E-state index in [-0.39, 0.29) is 12.8 Å². The van der Waals surface area contributed by atoms with Crippen molar-refractivity contribution in [3.63, 3.8) is 0 Å². The number of hydrogen-bond acceptors (Lipinski definition) is 8. The van der Waals surface area contributed by atoms with Crippen molar-refractivity contribution in [2.45, 2.75) is 61.6 Å². The van der Waals surface area contributed by atoms with Crippen LogP contribution in [0.2, 0.25) is 0 Å². The first-order valence-electron chi connectivity index (χ1n) is 6.64. The lowest BCUT2D eigenvalue weighted by Gasteiger charge is -2.38. The van der Waals surface area contributed by atoms with Crippen molar-refractivity contribution >= 4 is 15.9 Å². The second kappa shape index (κ2) is 6.15. The Morgan fingerprint density at radius 3 is 2.29 bits per heavy atom. The molecule has 122 valence electrons. The molecule has 0 unspecified atom stereocenters. The zero-order valence-electron chi connectivity index (χ0n) is 11.1. The van der Waals surface area contributed by atoms with Gasteiger partial charge < -0.3 is 25.2 Å². The highest BCUT2D eigenvalue weighted by atomic mass is 32.2. The van der Waals surface area contributed by atoms with Crippen LogP contribution in [-0.2, 0) is 19.6 Å². The maximum absolute atomic E-state index is 11.6. The van der Waals surface area contributed by atoms with Crippen molar-refractivity contribution in [2.75, 3.05) is 0 Å². The van der Waals surface area contributed by atoms with Crippen LogP contribution in [0.1, 0.15) is 25.7 Å². The van der Waals surface area contributed by atoms with E-state index < -0.39 is 51.9 Å². The fraction of sp³-hybridized carbons (Fsp3) is 0.909. The summed E-state index contributed by atoms with van der Waals surface area (Å²) in [7, 11) is -3.62. The number of sulfonamides is 1. The van der Waals surface area contributed by atoms with Crippen LogP contribution >= 0.6 is 0 Å². The Bertz CT molecular complexity index is 490. The average Bonchev–Trinajstić information content (AvgIpc) is 3.23. The summed E-state index contributed by atoms with van der Waals surface area (Å²) in [6.45, 7) is 0. The van der Waals surface area contributed by atoms with Crippen molar-refractivity contribution in [3.8, 4) is 0 Å². The van der Waals surface area contributed by atoms with Gasteiger partial charge in [0.2, 0.25) is 15.9 Å². The number of aliphatic hydroxyl groups excluding tert-OH is 4. The Hall–Kier alpha value is -0.780. The van der Waals surface area contributed by atoms with Gasteiger partial charge in [-0.25, -0.2) is 8.42 Å². The van der Waals surface area contributed by atoms with Crippen LogP contribution in [0.15, 0.2) is 0 Å². The van der Waals surface area contributed by atoms with Crippen LogP contribution in [0.4, 0.5) is 0 Å². The molecule has 9 nitrogen and oxygen atoms in total. The molecule has 1 aliphatic heterocycles. The predicted octanol–water partition coefficient (Wildman–Crippen LogP) is -2.83. The quantitative estimate of drug-likeness (QED) is 0.362. The van der Waals surface area contributed by atoms with Gasteiger partial charge in [-0.15, -0.1) is 0 Å². The molecule has 0 aromatic carbocycles. The maximum Gasteiger partial charge on any atom is 0.237 e.